The summed E-state index contributed by atoms with van der Waals surface area (Å²) in [5, 5.41) is 0. The second-order valence-electron chi connectivity index (χ2n) is 5.92. The third kappa shape index (κ3) is 4.55. The average molecular weight is 340 g/mol. The molecular formula is C13H26ClN3O3S. The highest BCUT2D eigenvalue weighted by molar-refractivity contribution is 7.89. The van der Waals surface area contributed by atoms with Gasteiger partial charge in [-0.3, -0.25) is 4.79 Å². The summed E-state index contributed by atoms with van der Waals surface area (Å²) < 4.78 is 24.8. The number of carbonyl (C=O) groups excluding carboxylic acids is 1. The first kappa shape index (κ1) is 18.7. The molecule has 0 radical (unpaired) electrons. The Labute approximate surface area is 133 Å². The average Bonchev–Trinajstić information content (AvgIpc) is 2.74. The molecule has 2 fully saturated rings. The Kier molecular flexibility index (Phi) is 6.90. The van der Waals surface area contributed by atoms with Gasteiger partial charge < -0.3 is 10.6 Å². The zero-order valence-corrected chi connectivity index (χ0v) is 14.2. The molecule has 2 N–H and O–H groups in total. The van der Waals surface area contributed by atoms with Crippen LogP contribution in [-0.4, -0.2) is 61.5 Å². The van der Waals surface area contributed by atoms with Crippen LogP contribution in [0, 0.1) is 5.92 Å². The number of nitrogens with two attached hydrogens (primary N) is 1. The molecule has 2 atom stereocenters. The van der Waals surface area contributed by atoms with E-state index in [1.54, 1.807) is 0 Å². The summed E-state index contributed by atoms with van der Waals surface area (Å²) in [7, 11) is -3.10. The maximum Gasteiger partial charge on any atom is 0.224 e. The van der Waals surface area contributed by atoms with Gasteiger partial charge in [0.15, 0.2) is 0 Å². The van der Waals surface area contributed by atoms with E-state index in [4.69, 9.17) is 5.73 Å². The van der Waals surface area contributed by atoms with E-state index < -0.39 is 10.0 Å². The maximum absolute atomic E-state index is 12.3. The highest BCUT2D eigenvalue weighted by Gasteiger charge is 2.31. The van der Waals surface area contributed by atoms with Crippen LogP contribution in [0.1, 0.15) is 32.6 Å². The fourth-order valence-corrected chi connectivity index (χ4v) is 4.64. The highest BCUT2D eigenvalue weighted by Crippen LogP contribution is 2.23. The lowest BCUT2D eigenvalue weighted by molar-refractivity contribution is -0.135. The number of halogens is 1. The lowest BCUT2D eigenvalue weighted by Gasteiger charge is -2.38. The van der Waals surface area contributed by atoms with E-state index in [0.717, 1.165) is 19.4 Å². The maximum atomic E-state index is 12.3. The summed E-state index contributed by atoms with van der Waals surface area (Å²) in [4.78, 5) is 14.1. The molecule has 2 aliphatic rings. The lowest BCUT2D eigenvalue weighted by Crippen LogP contribution is -2.49. The molecule has 0 aromatic carbocycles. The van der Waals surface area contributed by atoms with Gasteiger partial charge in [-0.2, -0.15) is 0 Å². The third-order valence-corrected chi connectivity index (χ3v) is 6.31. The number of piperidine rings is 1. The molecule has 0 aromatic rings. The first-order chi connectivity index (χ1) is 9.44. The van der Waals surface area contributed by atoms with Crippen molar-refractivity contribution in [3.8, 4) is 0 Å². The van der Waals surface area contributed by atoms with Crippen molar-refractivity contribution >= 4 is 28.3 Å². The van der Waals surface area contributed by atoms with E-state index in [2.05, 4.69) is 6.92 Å². The zero-order chi connectivity index (χ0) is 14.8. The van der Waals surface area contributed by atoms with Gasteiger partial charge in [0, 0.05) is 38.6 Å². The van der Waals surface area contributed by atoms with Gasteiger partial charge in [0.25, 0.3) is 0 Å². The van der Waals surface area contributed by atoms with Crippen LogP contribution in [0.5, 0.6) is 0 Å². The normalized spacial score (nSPS) is 29.1. The summed E-state index contributed by atoms with van der Waals surface area (Å²) in [6, 6.07) is 0.112. The van der Waals surface area contributed by atoms with Gasteiger partial charge >= 0.3 is 0 Å². The van der Waals surface area contributed by atoms with Crippen molar-refractivity contribution in [1.82, 2.24) is 9.21 Å². The number of amides is 1. The van der Waals surface area contributed by atoms with Crippen molar-refractivity contribution in [2.45, 2.75) is 38.6 Å². The predicted molar refractivity (Wildman–Crippen MR) is 84.8 cm³/mol. The minimum atomic E-state index is -3.10. The number of hydrogen-bond acceptors (Lipinski definition) is 4. The minimum Gasteiger partial charge on any atom is -0.338 e. The van der Waals surface area contributed by atoms with Crippen LogP contribution < -0.4 is 5.73 Å². The Bertz CT molecular complexity index is 458. The van der Waals surface area contributed by atoms with E-state index in [1.165, 1.54) is 4.31 Å². The van der Waals surface area contributed by atoms with Crippen molar-refractivity contribution in [3.05, 3.63) is 0 Å². The predicted octanol–water partition coefficient (Wildman–Crippen LogP) is 0.420. The van der Waals surface area contributed by atoms with Crippen molar-refractivity contribution in [2.75, 3.05) is 31.9 Å². The molecule has 2 aliphatic heterocycles. The third-order valence-electron chi connectivity index (χ3n) is 4.35. The van der Waals surface area contributed by atoms with E-state index in [9.17, 15) is 13.2 Å². The van der Waals surface area contributed by atoms with Crippen LogP contribution in [0.4, 0.5) is 0 Å². The molecular weight excluding hydrogens is 314 g/mol. The summed E-state index contributed by atoms with van der Waals surface area (Å²) in [6.45, 7) is 4.27. The van der Waals surface area contributed by atoms with Gasteiger partial charge in [-0.25, -0.2) is 12.7 Å². The van der Waals surface area contributed by atoms with Crippen molar-refractivity contribution < 1.29 is 13.2 Å². The number of hydrogen-bond donors (Lipinski definition) is 1. The molecule has 0 aromatic heterocycles. The molecule has 0 aliphatic carbocycles. The number of likely N-dealkylation sites (tertiary alicyclic amines) is 1. The van der Waals surface area contributed by atoms with Crippen molar-refractivity contribution in [2.24, 2.45) is 11.7 Å². The standard InChI is InChI=1S/C13H25N3O3S.ClH/c1-11-3-7-16(12(9-11)10-14)13(17)4-6-15-5-2-8-20(15,18)19;/h11-12H,2-10,14H2,1H3;1H. The molecule has 124 valence electrons. The fraction of sp³-hybridized carbons (Fsp3) is 0.923. The molecule has 2 heterocycles. The molecule has 0 saturated carbocycles. The smallest absolute Gasteiger partial charge is 0.224 e. The first-order valence-electron chi connectivity index (χ1n) is 7.41. The molecule has 0 spiro atoms. The zero-order valence-electron chi connectivity index (χ0n) is 12.5. The Morgan fingerprint density at radius 3 is 2.62 bits per heavy atom. The Morgan fingerprint density at radius 2 is 2.05 bits per heavy atom. The molecule has 2 rings (SSSR count). The number of sulfonamides is 1. The van der Waals surface area contributed by atoms with Crippen LogP contribution in [0.3, 0.4) is 0 Å². The number of carbonyl (C=O) groups is 1. The van der Waals surface area contributed by atoms with Crippen LogP contribution in [0.25, 0.3) is 0 Å². The highest BCUT2D eigenvalue weighted by atomic mass is 35.5. The number of rotatable bonds is 4. The number of nitrogens with zero attached hydrogens (tertiary/aromatic N) is 2. The summed E-state index contributed by atoms with van der Waals surface area (Å²) in [6.07, 6.45) is 2.89. The van der Waals surface area contributed by atoms with Gasteiger partial charge in [-0.1, -0.05) is 6.92 Å². The molecule has 0 bridgehead atoms. The SMILES string of the molecule is CC1CCN(C(=O)CCN2CCCS2(=O)=O)C(CN)C1.Cl. The van der Waals surface area contributed by atoms with Gasteiger partial charge in [0.05, 0.1) is 5.75 Å². The second-order valence-corrected chi connectivity index (χ2v) is 8.01. The van der Waals surface area contributed by atoms with Crippen LogP contribution in [-0.2, 0) is 14.8 Å². The van der Waals surface area contributed by atoms with Gasteiger partial charge in [0.2, 0.25) is 15.9 Å². The lowest BCUT2D eigenvalue weighted by atomic mass is 9.92. The second kappa shape index (κ2) is 7.76. The van der Waals surface area contributed by atoms with Crippen molar-refractivity contribution in [3.63, 3.8) is 0 Å². The summed E-state index contributed by atoms with van der Waals surface area (Å²) in [5.74, 6) is 0.856. The van der Waals surface area contributed by atoms with E-state index >= 15 is 0 Å². The van der Waals surface area contributed by atoms with Gasteiger partial charge in [-0.15, -0.1) is 12.4 Å². The van der Waals surface area contributed by atoms with E-state index in [-0.39, 0.29) is 36.5 Å². The van der Waals surface area contributed by atoms with Gasteiger partial charge in [-0.05, 0) is 25.2 Å². The molecule has 6 nitrogen and oxygen atoms in total. The van der Waals surface area contributed by atoms with E-state index in [0.29, 0.717) is 32.0 Å². The Balaban J connectivity index is 0.00000220. The summed E-state index contributed by atoms with van der Waals surface area (Å²) in [5.41, 5.74) is 5.75. The van der Waals surface area contributed by atoms with Crippen molar-refractivity contribution in [1.29, 1.82) is 0 Å². The molecule has 1 amide bonds. The van der Waals surface area contributed by atoms with Crippen LogP contribution in [0.2, 0.25) is 0 Å². The van der Waals surface area contributed by atoms with Crippen LogP contribution in [0.15, 0.2) is 0 Å². The monoisotopic (exact) mass is 339 g/mol. The first-order valence-corrected chi connectivity index (χ1v) is 9.02. The largest absolute Gasteiger partial charge is 0.338 e. The summed E-state index contributed by atoms with van der Waals surface area (Å²) >= 11 is 0. The quantitative estimate of drug-likeness (QED) is 0.804. The fourth-order valence-electron chi connectivity index (χ4n) is 3.11. The molecule has 21 heavy (non-hydrogen) atoms. The van der Waals surface area contributed by atoms with Gasteiger partial charge in [0.1, 0.15) is 0 Å². The minimum absolute atomic E-state index is 0. The van der Waals surface area contributed by atoms with Crippen LogP contribution >= 0.6 is 12.4 Å². The molecule has 2 unspecified atom stereocenters. The topological polar surface area (TPSA) is 83.7 Å². The molecule has 2 saturated heterocycles. The Hall–Kier alpha value is -0.370. The van der Waals surface area contributed by atoms with E-state index in [1.807, 2.05) is 4.90 Å². The molecule has 8 heteroatoms. The Morgan fingerprint density at radius 1 is 1.33 bits per heavy atom.